The summed E-state index contributed by atoms with van der Waals surface area (Å²) >= 11 is 0. The Balaban J connectivity index is 2.11. The Labute approximate surface area is 106 Å². The number of rotatable bonds is 3. The van der Waals surface area contributed by atoms with Crippen LogP contribution in [0.15, 0.2) is 53.8 Å². The number of allylic oxidation sites excluding steroid dienone is 3. The summed E-state index contributed by atoms with van der Waals surface area (Å²) in [4.78, 5) is 0. The van der Waals surface area contributed by atoms with Crippen LogP contribution in [0.25, 0.3) is 0 Å². The van der Waals surface area contributed by atoms with E-state index in [1.807, 2.05) is 0 Å². The molecule has 0 saturated heterocycles. The van der Waals surface area contributed by atoms with Crippen molar-refractivity contribution in [2.24, 2.45) is 0 Å². The molecule has 0 N–H and O–H groups in total. The van der Waals surface area contributed by atoms with E-state index in [0.717, 1.165) is 0 Å². The van der Waals surface area contributed by atoms with E-state index in [0.29, 0.717) is 0 Å². The summed E-state index contributed by atoms with van der Waals surface area (Å²) in [6.45, 7) is 4.84. The van der Waals surface area contributed by atoms with Crippen molar-refractivity contribution >= 4 is 13.3 Å². The highest BCUT2D eigenvalue weighted by molar-refractivity contribution is 6.93. The molecule has 0 aliphatic heterocycles. The molecule has 1 aliphatic rings. The predicted molar refractivity (Wildman–Crippen MR) is 79.2 cm³/mol. The lowest BCUT2D eigenvalue weighted by Crippen LogP contribution is -2.39. The zero-order valence-corrected chi connectivity index (χ0v) is 11.9. The third-order valence-corrected chi connectivity index (χ3v) is 6.38. The predicted octanol–water partition coefficient (Wildman–Crippen LogP) is 4.20. The molecule has 0 unspecified atom stereocenters. The molecule has 0 heterocycles. The van der Waals surface area contributed by atoms with E-state index in [1.165, 1.54) is 30.9 Å². The maximum atomic E-state index is 2.49. The van der Waals surface area contributed by atoms with Crippen LogP contribution in [-0.4, -0.2) is 8.07 Å². The molecule has 1 aromatic rings. The van der Waals surface area contributed by atoms with Gasteiger partial charge >= 0.3 is 0 Å². The first-order valence-electron chi connectivity index (χ1n) is 6.62. The van der Waals surface area contributed by atoms with Crippen molar-refractivity contribution in [1.29, 1.82) is 0 Å². The Morgan fingerprint density at radius 1 is 1.06 bits per heavy atom. The molecule has 90 valence electrons. The van der Waals surface area contributed by atoms with Gasteiger partial charge in [0.25, 0.3) is 0 Å². The second-order valence-corrected chi connectivity index (χ2v) is 9.80. The fourth-order valence-corrected chi connectivity index (χ4v) is 4.17. The molecule has 0 atom stereocenters. The average molecular weight is 242 g/mol. The highest BCUT2D eigenvalue weighted by atomic mass is 28.3. The first kappa shape index (κ1) is 12.4. The van der Waals surface area contributed by atoms with Crippen LogP contribution >= 0.6 is 0 Å². The fourth-order valence-electron chi connectivity index (χ4n) is 2.29. The van der Waals surface area contributed by atoms with Gasteiger partial charge in [-0.25, -0.2) is 0 Å². The molecule has 0 saturated carbocycles. The summed E-state index contributed by atoms with van der Waals surface area (Å²) in [6, 6.07) is 10.9. The summed E-state index contributed by atoms with van der Waals surface area (Å²) in [5.74, 6) is 0. The lowest BCUT2D eigenvalue weighted by Gasteiger charge is -2.19. The fraction of sp³-hybridized carbons (Fsp3) is 0.375. The van der Waals surface area contributed by atoms with Crippen molar-refractivity contribution in [2.45, 2.75) is 38.8 Å². The minimum absolute atomic E-state index is 1.27. The summed E-state index contributed by atoms with van der Waals surface area (Å²) in [6.07, 6.45) is 10.1. The minimum Gasteiger partial charge on any atom is -0.0900 e. The number of hydrogen-bond donors (Lipinski definition) is 0. The summed E-state index contributed by atoms with van der Waals surface area (Å²) in [5, 5.41) is 1.52. The van der Waals surface area contributed by atoms with Crippen LogP contribution in [0.1, 0.15) is 25.7 Å². The molecule has 2 rings (SSSR count). The minimum atomic E-state index is -1.38. The molecule has 0 bridgehead atoms. The molecule has 17 heavy (non-hydrogen) atoms. The van der Waals surface area contributed by atoms with E-state index in [1.54, 1.807) is 5.57 Å². The lowest BCUT2D eigenvalue weighted by atomic mass is 10.00. The Morgan fingerprint density at radius 3 is 2.47 bits per heavy atom. The Bertz CT molecular complexity index is 412. The van der Waals surface area contributed by atoms with E-state index in [2.05, 4.69) is 61.3 Å². The standard InChI is InChI=1S/C16H22Si/c1-17(2,16-11-7-4-8-12-16)14-13-15-9-5-3-6-10-15/h4,7-9,11-14H,3,5-6,10H2,1-2H3/b14-13+. The van der Waals surface area contributed by atoms with E-state index in [9.17, 15) is 0 Å². The molecule has 0 radical (unpaired) electrons. The number of benzene rings is 1. The molecule has 1 aliphatic carbocycles. The lowest BCUT2D eigenvalue weighted by molar-refractivity contribution is 0.712. The van der Waals surface area contributed by atoms with Gasteiger partial charge in [0.15, 0.2) is 0 Å². The van der Waals surface area contributed by atoms with Crippen LogP contribution in [0, 0.1) is 0 Å². The van der Waals surface area contributed by atoms with Crippen molar-refractivity contribution in [3.05, 3.63) is 53.8 Å². The van der Waals surface area contributed by atoms with Crippen molar-refractivity contribution in [1.82, 2.24) is 0 Å². The van der Waals surface area contributed by atoms with Gasteiger partial charge in [0, 0.05) is 0 Å². The van der Waals surface area contributed by atoms with E-state index >= 15 is 0 Å². The summed E-state index contributed by atoms with van der Waals surface area (Å²) in [5.41, 5.74) is 4.03. The molecular weight excluding hydrogens is 220 g/mol. The number of hydrogen-bond acceptors (Lipinski definition) is 0. The van der Waals surface area contributed by atoms with Crippen LogP contribution in [0.3, 0.4) is 0 Å². The maximum absolute atomic E-state index is 2.49. The molecule has 1 aromatic carbocycles. The monoisotopic (exact) mass is 242 g/mol. The quantitative estimate of drug-likeness (QED) is 0.697. The van der Waals surface area contributed by atoms with Crippen molar-refractivity contribution in [3.8, 4) is 0 Å². The van der Waals surface area contributed by atoms with Gasteiger partial charge in [-0.2, -0.15) is 0 Å². The van der Waals surface area contributed by atoms with Crippen LogP contribution in [0.2, 0.25) is 13.1 Å². The van der Waals surface area contributed by atoms with Crippen LogP contribution in [0.4, 0.5) is 0 Å². The third kappa shape index (κ3) is 3.44. The zero-order chi connectivity index (χ0) is 12.1. The molecule has 0 aromatic heterocycles. The molecule has 0 spiro atoms. The van der Waals surface area contributed by atoms with Gasteiger partial charge in [-0.05, 0) is 25.7 Å². The van der Waals surface area contributed by atoms with Crippen LogP contribution in [0.5, 0.6) is 0 Å². The first-order valence-corrected chi connectivity index (χ1v) is 9.70. The van der Waals surface area contributed by atoms with Gasteiger partial charge in [0.1, 0.15) is 8.07 Å². The summed E-state index contributed by atoms with van der Waals surface area (Å²) in [7, 11) is -1.38. The highest BCUT2D eigenvalue weighted by Gasteiger charge is 2.19. The largest absolute Gasteiger partial charge is 0.104 e. The van der Waals surface area contributed by atoms with Gasteiger partial charge in [-0.3, -0.25) is 0 Å². The highest BCUT2D eigenvalue weighted by Crippen LogP contribution is 2.19. The van der Waals surface area contributed by atoms with Gasteiger partial charge in [0.2, 0.25) is 0 Å². The van der Waals surface area contributed by atoms with Gasteiger partial charge in [0.05, 0.1) is 0 Å². The zero-order valence-electron chi connectivity index (χ0n) is 10.9. The maximum Gasteiger partial charge on any atom is 0.104 e. The van der Waals surface area contributed by atoms with Crippen molar-refractivity contribution in [3.63, 3.8) is 0 Å². The molecule has 1 heteroatoms. The van der Waals surface area contributed by atoms with E-state index in [4.69, 9.17) is 0 Å². The second-order valence-electron chi connectivity index (χ2n) is 5.45. The summed E-state index contributed by atoms with van der Waals surface area (Å²) < 4.78 is 0. The molecule has 0 fully saturated rings. The first-order chi connectivity index (χ1) is 8.18. The Kier molecular flexibility index (Phi) is 4.00. The molecule has 0 amide bonds. The average Bonchev–Trinajstić information content (AvgIpc) is 2.39. The van der Waals surface area contributed by atoms with Gasteiger partial charge in [-0.15, -0.1) is 0 Å². The Hall–Kier alpha value is -1.08. The molecule has 0 nitrogen and oxygen atoms in total. The SMILES string of the molecule is C[Si](C)(/C=C/C1=CCCCC1)c1ccccc1. The second kappa shape index (κ2) is 5.50. The van der Waals surface area contributed by atoms with E-state index in [-0.39, 0.29) is 0 Å². The molecular formula is C16H22Si. The normalized spacial score (nSPS) is 17.2. The topological polar surface area (TPSA) is 0 Å². The van der Waals surface area contributed by atoms with Crippen LogP contribution < -0.4 is 5.19 Å². The van der Waals surface area contributed by atoms with Gasteiger partial charge in [-0.1, -0.05) is 72.0 Å². The Morgan fingerprint density at radius 2 is 1.82 bits per heavy atom. The third-order valence-electron chi connectivity index (χ3n) is 3.56. The van der Waals surface area contributed by atoms with Crippen molar-refractivity contribution in [2.75, 3.05) is 0 Å². The van der Waals surface area contributed by atoms with Crippen molar-refractivity contribution < 1.29 is 0 Å². The van der Waals surface area contributed by atoms with E-state index < -0.39 is 8.07 Å². The van der Waals surface area contributed by atoms with Crippen LogP contribution in [-0.2, 0) is 0 Å². The van der Waals surface area contributed by atoms with Gasteiger partial charge < -0.3 is 0 Å². The smallest absolute Gasteiger partial charge is 0.0900 e.